The summed E-state index contributed by atoms with van der Waals surface area (Å²) in [7, 11) is 0. The first-order valence-electron chi connectivity index (χ1n) is 9.18. The van der Waals surface area contributed by atoms with Crippen molar-refractivity contribution >= 4 is 5.57 Å². The maximum absolute atomic E-state index is 13.1. The molecule has 1 heterocycles. The van der Waals surface area contributed by atoms with E-state index in [1.165, 1.54) is 18.2 Å². The number of hydrogen-bond acceptors (Lipinski definition) is 4. The van der Waals surface area contributed by atoms with Gasteiger partial charge in [0.05, 0.1) is 24.5 Å². The van der Waals surface area contributed by atoms with Crippen LogP contribution in [0, 0.1) is 12.7 Å². The molecule has 3 rings (SSSR count). The largest absolute Gasteiger partial charge is 0.495 e. The van der Waals surface area contributed by atoms with Gasteiger partial charge < -0.3 is 14.0 Å². The Hall–Kier alpha value is -2.86. The third-order valence-corrected chi connectivity index (χ3v) is 4.71. The lowest BCUT2D eigenvalue weighted by atomic mass is 9.92. The van der Waals surface area contributed by atoms with Gasteiger partial charge in [-0.05, 0) is 49.3 Å². The maximum atomic E-state index is 13.1. The number of aromatic amines is 1. The number of H-pyrrole nitrogens is 1. The Balaban J connectivity index is 1.45. The molecule has 0 aliphatic heterocycles. The molecule has 0 amide bonds. The molecule has 0 bridgehead atoms. The molecule has 1 fully saturated rings. The number of aromatic nitrogens is 1. The standard InChI is InChI=1S/C22H24FNO4/c1-4-16(21-12-22(25)24-28-21)6-5-15(3)27-20-10-19(11-20)26-13-17-7-8-18(23)9-14(17)2/h4-9,12,19-20H,1,10-11,13H2,2-3H3,(H,24,25)/b15-5+,16-6+. The van der Waals surface area contributed by atoms with Crippen LogP contribution in [0.15, 0.2) is 64.1 Å². The predicted molar refractivity (Wildman–Crippen MR) is 105 cm³/mol. The average molecular weight is 385 g/mol. The third-order valence-electron chi connectivity index (χ3n) is 4.71. The number of benzene rings is 1. The minimum absolute atomic E-state index is 0.112. The fraction of sp³-hybridized carbons (Fsp3) is 0.318. The molecule has 0 atom stereocenters. The molecule has 0 saturated heterocycles. The number of nitrogens with one attached hydrogen (secondary N) is 1. The second-order valence-corrected chi connectivity index (χ2v) is 6.90. The highest BCUT2D eigenvalue weighted by Gasteiger charge is 2.31. The van der Waals surface area contributed by atoms with E-state index >= 15 is 0 Å². The topological polar surface area (TPSA) is 64.5 Å². The first kappa shape index (κ1) is 19.9. The predicted octanol–water partition coefficient (Wildman–Crippen LogP) is 4.65. The van der Waals surface area contributed by atoms with E-state index in [9.17, 15) is 9.18 Å². The summed E-state index contributed by atoms with van der Waals surface area (Å²) in [6.07, 6.45) is 7.11. The van der Waals surface area contributed by atoms with E-state index in [-0.39, 0.29) is 23.6 Å². The van der Waals surface area contributed by atoms with Crippen LogP contribution in [-0.4, -0.2) is 17.4 Å². The van der Waals surface area contributed by atoms with Crippen LogP contribution < -0.4 is 5.56 Å². The molecule has 1 N–H and O–H groups in total. The lowest BCUT2D eigenvalue weighted by Gasteiger charge is -2.35. The third kappa shape index (κ3) is 5.10. The van der Waals surface area contributed by atoms with Crippen LogP contribution in [0.3, 0.4) is 0 Å². The van der Waals surface area contributed by atoms with Crippen LogP contribution in [0.5, 0.6) is 0 Å². The zero-order valence-corrected chi connectivity index (χ0v) is 16.0. The first-order chi connectivity index (χ1) is 13.4. The van der Waals surface area contributed by atoms with Crippen molar-refractivity contribution < 1.29 is 18.4 Å². The molecule has 1 aliphatic carbocycles. The summed E-state index contributed by atoms with van der Waals surface area (Å²) in [5, 5.41) is 2.25. The van der Waals surface area contributed by atoms with Crippen LogP contribution in [-0.2, 0) is 16.1 Å². The Bertz CT molecular complexity index is 947. The van der Waals surface area contributed by atoms with Crippen molar-refractivity contribution in [2.75, 3.05) is 0 Å². The van der Waals surface area contributed by atoms with Gasteiger partial charge in [-0.2, -0.15) is 5.16 Å². The summed E-state index contributed by atoms with van der Waals surface area (Å²) >= 11 is 0. The summed E-state index contributed by atoms with van der Waals surface area (Å²) in [4.78, 5) is 11.2. The van der Waals surface area contributed by atoms with Crippen LogP contribution in [0.4, 0.5) is 4.39 Å². The number of rotatable bonds is 8. The minimum atomic E-state index is -0.295. The highest BCUT2D eigenvalue weighted by Crippen LogP contribution is 2.29. The van der Waals surface area contributed by atoms with Gasteiger partial charge in [-0.3, -0.25) is 4.79 Å². The smallest absolute Gasteiger partial charge is 0.280 e. The number of halogens is 1. The summed E-state index contributed by atoms with van der Waals surface area (Å²) in [5.74, 6) is 0.959. The molecule has 0 radical (unpaired) electrons. The molecule has 148 valence electrons. The number of ether oxygens (including phenoxy) is 2. The molecular weight excluding hydrogens is 361 g/mol. The zero-order chi connectivity index (χ0) is 20.1. The van der Waals surface area contributed by atoms with Crippen molar-refractivity contribution in [3.63, 3.8) is 0 Å². The van der Waals surface area contributed by atoms with Gasteiger partial charge in [-0.1, -0.05) is 18.7 Å². The lowest BCUT2D eigenvalue weighted by Crippen LogP contribution is -2.37. The summed E-state index contributed by atoms with van der Waals surface area (Å²) in [5.41, 5.74) is 2.29. The van der Waals surface area contributed by atoms with E-state index in [4.69, 9.17) is 14.0 Å². The molecule has 1 saturated carbocycles. The van der Waals surface area contributed by atoms with E-state index in [1.807, 2.05) is 19.9 Å². The Morgan fingerprint density at radius 1 is 1.32 bits per heavy atom. The molecule has 1 aliphatic rings. The van der Waals surface area contributed by atoms with E-state index in [1.54, 1.807) is 18.2 Å². The van der Waals surface area contributed by atoms with E-state index in [0.717, 1.165) is 29.7 Å². The quantitative estimate of drug-likeness (QED) is 0.531. The first-order valence-corrected chi connectivity index (χ1v) is 9.18. The fourth-order valence-corrected chi connectivity index (χ4v) is 2.96. The Morgan fingerprint density at radius 2 is 2.11 bits per heavy atom. The van der Waals surface area contributed by atoms with Crippen molar-refractivity contribution in [2.45, 2.75) is 45.5 Å². The van der Waals surface area contributed by atoms with Crippen molar-refractivity contribution in [3.8, 4) is 0 Å². The van der Waals surface area contributed by atoms with Gasteiger partial charge in [0.1, 0.15) is 11.9 Å². The van der Waals surface area contributed by atoms with Crippen molar-refractivity contribution in [1.29, 1.82) is 0 Å². The number of aryl methyl sites for hydroxylation is 1. The summed E-state index contributed by atoms with van der Waals surface area (Å²) in [6.45, 7) is 7.96. The van der Waals surface area contributed by atoms with E-state index < -0.39 is 0 Å². The Morgan fingerprint density at radius 3 is 2.75 bits per heavy atom. The molecule has 1 aromatic heterocycles. The molecule has 1 aromatic carbocycles. The Kier molecular flexibility index (Phi) is 6.31. The van der Waals surface area contributed by atoms with Crippen LogP contribution in [0.25, 0.3) is 5.57 Å². The molecular formula is C22H24FNO4. The molecule has 5 nitrogen and oxygen atoms in total. The second-order valence-electron chi connectivity index (χ2n) is 6.90. The fourth-order valence-electron chi connectivity index (χ4n) is 2.96. The normalized spacial score (nSPS) is 20.0. The van der Waals surface area contributed by atoms with Gasteiger partial charge in [-0.25, -0.2) is 4.39 Å². The van der Waals surface area contributed by atoms with Gasteiger partial charge in [0.15, 0.2) is 5.76 Å². The van der Waals surface area contributed by atoms with Crippen LogP contribution in [0.1, 0.15) is 36.7 Å². The van der Waals surface area contributed by atoms with Gasteiger partial charge >= 0.3 is 0 Å². The van der Waals surface area contributed by atoms with Gasteiger partial charge in [0, 0.05) is 18.4 Å². The molecule has 0 unspecified atom stereocenters. The molecule has 28 heavy (non-hydrogen) atoms. The lowest BCUT2D eigenvalue weighted by molar-refractivity contribution is -0.0882. The zero-order valence-electron chi connectivity index (χ0n) is 16.0. The van der Waals surface area contributed by atoms with Crippen LogP contribution >= 0.6 is 0 Å². The molecule has 6 heteroatoms. The highest BCUT2D eigenvalue weighted by molar-refractivity contribution is 5.71. The Labute approximate surface area is 163 Å². The average Bonchev–Trinajstić information content (AvgIpc) is 3.05. The van der Waals surface area contributed by atoms with Gasteiger partial charge in [0.25, 0.3) is 5.56 Å². The monoisotopic (exact) mass is 385 g/mol. The summed E-state index contributed by atoms with van der Waals surface area (Å²) in [6, 6.07) is 6.11. The SMILES string of the molecule is C=C/C(=C\C=C(/C)OC1CC(OCc2ccc(F)cc2C)C1)c1cc(=O)[nH]o1. The van der Waals surface area contributed by atoms with Crippen molar-refractivity contribution in [2.24, 2.45) is 0 Å². The van der Waals surface area contributed by atoms with Crippen LogP contribution in [0.2, 0.25) is 0 Å². The van der Waals surface area contributed by atoms with Gasteiger partial charge in [-0.15, -0.1) is 0 Å². The minimum Gasteiger partial charge on any atom is -0.495 e. The highest BCUT2D eigenvalue weighted by atomic mass is 19.1. The second kappa shape index (κ2) is 8.89. The molecule has 0 spiro atoms. The van der Waals surface area contributed by atoms with Gasteiger partial charge in [0.2, 0.25) is 0 Å². The maximum Gasteiger partial charge on any atom is 0.280 e. The van der Waals surface area contributed by atoms with E-state index in [2.05, 4.69) is 11.7 Å². The number of hydrogen-bond donors (Lipinski definition) is 1. The van der Waals surface area contributed by atoms with Crippen molar-refractivity contribution in [3.05, 3.63) is 87.9 Å². The summed E-state index contributed by atoms with van der Waals surface area (Å²) < 4.78 is 30.0. The van der Waals surface area contributed by atoms with Crippen molar-refractivity contribution in [1.82, 2.24) is 5.16 Å². The molecule has 2 aromatic rings. The van der Waals surface area contributed by atoms with E-state index in [0.29, 0.717) is 17.9 Å². The number of allylic oxidation sites excluding steroid dienone is 5.